The van der Waals surface area contributed by atoms with Crippen molar-refractivity contribution in [3.63, 3.8) is 0 Å². The van der Waals surface area contributed by atoms with Crippen LogP contribution in [0.4, 0.5) is 0 Å². The van der Waals surface area contributed by atoms with E-state index in [1.54, 1.807) is 67.0 Å². The van der Waals surface area contributed by atoms with Crippen molar-refractivity contribution < 1.29 is 86.7 Å². The summed E-state index contributed by atoms with van der Waals surface area (Å²) in [6, 6.07) is 40.0. The molecule has 0 saturated carbocycles. The van der Waals surface area contributed by atoms with Crippen LogP contribution in [0.25, 0.3) is 32.7 Å². The van der Waals surface area contributed by atoms with E-state index in [-0.39, 0.29) is 71.3 Å². The van der Waals surface area contributed by atoms with Crippen LogP contribution < -0.4 is 59.8 Å². The van der Waals surface area contributed by atoms with E-state index in [1.165, 1.54) is 14.1 Å². The highest BCUT2D eigenvalue weighted by molar-refractivity contribution is 5.84. The molecule has 0 spiro atoms. The number of pyridine rings is 3. The number of nitrogens with zero attached hydrogens (tertiary/aromatic N) is 3. The van der Waals surface area contributed by atoms with E-state index in [9.17, 15) is 44.1 Å². The molecule has 0 saturated heterocycles. The lowest BCUT2D eigenvalue weighted by molar-refractivity contribution is -0.138. The zero-order chi connectivity index (χ0) is 67.4. The first-order valence-electron chi connectivity index (χ1n) is 29.5. The van der Waals surface area contributed by atoms with Gasteiger partial charge in [0.1, 0.15) is 24.7 Å². The van der Waals surface area contributed by atoms with Gasteiger partial charge in [-0.3, -0.25) is 38.7 Å². The number of amides is 1. The molecule has 6 aromatic carbocycles. The van der Waals surface area contributed by atoms with Crippen LogP contribution in [0.1, 0.15) is 98.1 Å². The van der Waals surface area contributed by atoms with Crippen LogP contribution in [0, 0.1) is 0 Å². The van der Waals surface area contributed by atoms with E-state index < -0.39 is 35.7 Å². The van der Waals surface area contributed by atoms with Crippen molar-refractivity contribution in [1.82, 2.24) is 15.0 Å². The largest absolute Gasteiger partial charge is 0.486 e. The maximum Gasteiger partial charge on any atom is 0.304 e. The number of hydrogen-bond acceptors (Lipinski definition) is 20. The number of hydrogen-bond donors (Lipinski definition) is 6. The highest BCUT2D eigenvalue weighted by Crippen LogP contribution is 2.42. The summed E-state index contributed by atoms with van der Waals surface area (Å²) >= 11 is 0. The van der Waals surface area contributed by atoms with Gasteiger partial charge in [0.25, 0.3) is 5.91 Å². The van der Waals surface area contributed by atoms with Gasteiger partial charge < -0.3 is 75.2 Å². The Hall–Kier alpha value is -11.1. The number of carbonyl (C=O) groups is 6. The average molecular weight is 1280 g/mol. The molecule has 3 aromatic heterocycles. The fraction of sp³-hybridized carbons (Fsp3) is 0.261. The Balaban J connectivity index is 0.000000210. The van der Waals surface area contributed by atoms with E-state index in [4.69, 9.17) is 48.4 Å². The summed E-state index contributed by atoms with van der Waals surface area (Å²) in [6.07, 6.45) is 4.34. The maximum absolute atomic E-state index is 11.5. The van der Waals surface area contributed by atoms with Gasteiger partial charge in [-0.2, -0.15) is 0 Å². The summed E-state index contributed by atoms with van der Waals surface area (Å²) in [4.78, 5) is 79.6. The number of fused-ring (bicyclic) bond motifs is 6. The zero-order valence-corrected chi connectivity index (χ0v) is 52.1. The third-order valence-corrected chi connectivity index (χ3v) is 13.8. The summed E-state index contributed by atoms with van der Waals surface area (Å²) in [5, 5.41) is 30.8. The van der Waals surface area contributed by atoms with Gasteiger partial charge in [-0.05, 0) is 138 Å². The first-order chi connectivity index (χ1) is 45.3. The second kappa shape index (κ2) is 35.9. The van der Waals surface area contributed by atoms with Crippen molar-refractivity contribution in [3.8, 4) is 51.9 Å². The zero-order valence-electron chi connectivity index (χ0n) is 52.1. The molecule has 12 rings (SSSR count). The van der Waals surface area contributed by atoms with E-state index >= 15 is 0 Å². The molecular weight excluding hydrogens is 1200 g/mol. The molecule has 6 heterocycles. The van der Waals surface area contributed by atoms with Crippen molar-refractivity contribution in [1.29, 1.82) is 0 Å². The Bertz CT molecular complexity index is 3850. The predicted octanol–water partition coefficient (Wildman–Crippen LogP) is 9.93. The van der Waals surface area contributed by atoms with Crippen molar-refractivity contribution in [2.24, 2.45) is 17.2 Å². The number of carboxylic acids is 3. The summed E-state index contributed by atoms with van der Waals surface area (Å²) < 4.78 is 48.2. The van der Waals surface area contributed by atoms with Gasteiger partial charge >= 0.3 is 17.9 Å². The molecule has 3 atom stereocenters. The SMILES string of the molecule is CC.CC.CN.CN.NC(=O)COc1ccc2ccc(C(CC(=O)O)c3ccc4c(c3)OCO4)cc2n1.O=CCOc1ccc2ncc(C(CC(=O)O)c3ccc4c(c3)OCO4)cc2c1.O=CCOc1cnc2ccc(C(CC(=O)O)c3ccc4c(c3)OCO4)cc2c1. The van der Waals surface area contributed by atoms with Crippen LogP contribution in [-0.2, 0) is 28.8 Å². The number of primary amides is 1. The summed E-state index contributed by atoms with van der Waals surface area (Å²) in [6.45, 7) is 8.12. The van der Waals surface area contributed by atoms with Gasteiger partial charge in [0.15, 0.2) is 53.7 Å². The van der Waals surface area contributed by atoms with Gasteiger partial charge in [0, 0.05) is 46.2 Å². The first kappa shape index (κ1) is 71.0. The van der Waals surface area contributed by atoms with E-state index in [0.717, 1.165) is 60.6 Å². The van der Waals surface area contributed by atoms with E-state index in [1.807, 2.05) is 107 Å². The summed E-state index contributed by atoms with van der Waals surface area (Å²) in [5.74, 6) is 0.562. The minimum Gasteiger partial charge on any atom is -0.486 e. The highest BCUT2D eigenvalue weighted by atomic mass is 16.7. The molecule has 24 nitrogen and oxygen atoms in total. The molecule has 3 unspecified atom stereocenters. The minimum absolute atomic E-state index is 0.0303. The second-order valence-corrected chi connectivity index (χ2v) is 19.3. The molecule has 0 fully saturated rings. The highest BCUT2D eigenvalue weighted by Gasteiger charge is 2.26. The van der Waals surface area contributed by atoms with Crippen LogP contribution in [0.2, 0.25) is 0 Å². The third-order valence-electron chi connectivity index (χ3n) is 13.8. The molecule has 1 amide bonds. The van der Waals surface area contributed by atoms with Crippen molar-refractivity contribution in [3.05, 3.63) is 179 Å². The number of ether oxygens (including phenoxy) is 9. The third kappa shape index (κ3) is 19.4. The van der Waals surface area contributed by atoms with Gasteiger partial charge in [-0.15, -0.1) is 0 Å². The second-order valence-electron chi connectivity index (χ2n) is 19.3. The number of aromatic nitrogens is 3. The van der Waals surface area contributed by atoms with Crippen LogP contribution in [-0.4, -0.2) is 121 Å². The molecule has 488 valence electrons. The number of aliphatic carboxylic acids is 3. The lowest BCUT2D eigenvalue weighted by Gasteiger charge is -2.17. The lowest BCUT2D eigenvalue weighted by Crippen LogP contribution is -2.20. The quantitative estimate of drug-likeness (QED) is 0.0364. The molecule has 3 aliphatic heterocycles. The van der Waals surface area contributed by atoms with Crippen molar-refractivity contribution in [2.75, 3.05) is 54.3 Å². The van der Waals surface area contributed by atoms with E-state index in [0.29, 0.717) is 64.1 Å². The topological polar surface area (TPSA) is 363 Å². The Kier molecular flexibility index (Phi) is 27.4. The Morgan fingerprint density at radius 1 is 0.441 bits per heavy atom. The number of aldehydes is 2. The molecule has 3 aliphatic rings. The van der Waals surface area contributed by atoms with Gasteiger partial charge in [-0.25, -0.2) is 4.98 Å². The van der Waals surface area contributed by atoms with Crippen LogP contribution in [0.3, 0.4) is 0 Å². The number of carbonyl (C=O) groups excluding carboxylic acids is 3. The monoisotopic (exact) mass is 1270 g/mol. The smallest absolute Gasteiger partial charge is 0.304 e. The number of rotatable bonds is 21. The van der Waals surface area contributed by atoms with Gasteiger partial charge in [0.2, 0.25) is 26.3 Å². The van der Waals surface area contributed by atoms with Gasteiger partial charge in [0.05, 0.1) is 42.0 Å². The minimum atomic E-state index is -0.917. The average Bonchev–Trinajstić information content (AvgIpc) is 1.28. The molecule has 0 bridgehead atoms. The van der Waals surface area contributed by atoms with Gasteiger partial charge in [-0.1, -0.05) is 64.1 Å². The molecule has 93 heavy (non-hydrogen) atoms. The van der Waals surface area contributed by atoms with Crippen molar-refractivity contribution >= 4 is 69.1 Å². The van der Waals surface area contributed by atoms with Crippen LogP contribution in [0.5, 0.6) is 51.9 Å². The number of benzene rings is 6. The molecule has 0 radical (unpaired) electrons. The maximum atomic E-state index is 11.5. The number of nitrogens with two attached hydrogens (primary N) is 3. The predicted molar refractivity (Wildman–Crippen MR) is 346 cm³/mol. The fourth-order valence-electron chi connectivity index (χ4n) is 9.85. The van der Waals surface area contributed by atoms with Crippen LogP contribution >= 0.6 is 0 Å². The molecule has 9 aromatic rings. The molecule has 0 aliphatic carbocycles. The molecule has 9 N–H and O–H groups in total. The first-order valence-corrected chi connectivity index (χ1v) is 29.5. The Labute approximate surface area is 536 Å². The Morgan fingerprint density at radius 2 is 0.828 bits per heavy atom. The van der Waals surface area contributed by atoms with Crippen LogP contribution in [0.15, 0.2) is 146 Å². The van der Waals surface area contributed by atoms with E-state index in [2.05, 4.69) is 26.4 Å². The fourth-order valence-corrected chi connectivity index (χ4v) is 9.85. The normalized spacial score (nSPS) is 12.4. The van der Waals surface area contributed by atoms with Crippen molar-refractivity contribution in [2.45, 2.75) is 64.7 Å². The lowest BCUT2D eigenvalue weighted by atomic mass is 9.87. The summed E-state index contributed by atoms with van der Waals surface area (Å²) in [7, 11) is 3.00. The Morgan fingerprint density at radius 3 is 1.31 bits per heavy atom. The molecular formula is C69H74N6O18. The number of carboxylic acid groups (broad SMARTS) is 3. The molecule has 24 heteroatoms. The summed E-state index contributed by atoms with van der Waals surface area (Å²) in [5.41, 5.74) is 21.1. The standard InChI is InChI=1S/C21H18N2O6.2C21H17NO6.2C2H6.2CH5N/c22-19(24)10-27-20-6-4-12-1-2-13(7-16(12)23-20)15(9-21(25)26)14-3-5-17-18(8-14)29-11-28-17;23-5-6-26-16-2-3-18-14(8-16)7-15(11-22-18)17(10-21(24)25)13-1-4-19-20(9-13)28-12-27-19;23-5-6-26-16-8-15-7-13(1-3-18(15)22-11-16)17(10-21(24)25)14-2-4-19-20(9-14)28-12-27-19;4*1-2/h1-8,15H,9-11H2,(H2,22,24)(H,25,26);2*1-5,7-9,11,17H,6,10,12H2,(H,24,25);2*1-2H3;2*2H2,1H3.